The van der Waals surface area contributed by atoms with Crippen molar-refractivity contribution in [3.05, 3.63) is 27.8 Å². The van der Waals surface area contributed by atoms with E-state index in [1.165, 1.54) is 6.07 Å². The van der Waals surface area contributed by atoms with Gasteiger partial charge in [0, 0.05) is 3.57 Å². The van der Waals surface area contributed by atoms with E-state index in [0.717, 1.165) is 0 Å². The fraction of sp³-hybridized carbons (Fsp3) is 0.300. The number of para-hydroxylation sites is 1. The molecule has 0 fully saturated rings. The second-order valence-corrected chi connectivity index (χ2v) is 4.80. The highest BCUT2D eigenvalue weighted by atomic mass is 127. The molecule has 0 aliphatic rings. The number of amides is 1. The Morgan fingerprint density at radius 2 is 1.88 bits per heavy atom. The zero-order chi connectivity index (χ0) is 13.3. The molecule has 0 bridgehead atoms. The van der Waals surface area contributed by atoms with Crippen molar-refractivity contribution in [2.45, 2.75) is 18.6 Å². The van der Waals surface area contributed by atoms with Crippen molar-refractivity contribution in [2.24, 2.45) is 5.73 Å². The van der Waals surface area contributed by atoms with Gasteiger partial charge in [-0.1, -0.05) is 12.1 Å². The summed E-state index contributed by atoms with van der Waals surface area (Å²) in [5.41, 5.74) is 2.39. The van der Waals surface area contributed by atoms with Crippen molar-refractivity contribution < 1.29 is 18.0 Å². The largest absolute Gasteiger partial charge is 0.415 e. The van der Waals surface area contributed by atoms with Gasteiger partial charge < -0.3 is 11.1 Å². The van der Waals surface area contributed by atoms with Crippen LogP contribution in [0, 0.1) is 3.57 Å². The monoisotopic (exact) mass is 358 g/mol. The smallest absolute Gasteiger partial charge is 0.323 e. The van der Waals surface area contributed by atoms with Gasteiger partial charge in [-0.05, 0) is 41.6 Å². The number of carbonyl (C=O) groups excluding carboxylic acids is 1. The first-order chi connectivity index (χ1) is 7.66. The Bertz CT molecular complexity index is 432. The lowest BCUT2D eigenvalue weighted by molar-refractivity contribution is -0.184. The van der Waals surface area contributed by atoms with Crippen LogP contribution in [0.1, 0.15) is 6.92 Å². The van der Waals surface area contributed by atoms with Gasteiger partial charge in [-0.15, -0.1) is 0 Å². The van der Waals surface area contributed by atoms with Crippen LogP contribution in [0.5, 0.6) is 0 Å². The lowest BCUT2D eigenvalue weighted by atomic mass is 10.0. The van der Waals surface area contributed by atoms with Crippen LogP contribution in [0.4, 0.5) is 18.9 Å². The summed E-state index contributed by atoms with van der Waals surface area (Å²) in [5, 5.41) is 2.17. The summed E-state index contributed by atoms with van der Waals surface area (Å²) in [4.78, 5) is 11.5. The lowest BCUT2D eigenvalue weighted by Crippen LogP contribution is -2.59. The second-order valence-electron chi connectivity index (χ2n) is 3.63. The minimum absolute atomic E-state index is 0.305. The molecule has 0 heterocycles. The topological polar surface area (TPSA) is 55.1 Å². The van der Waals surface area contributed by atoms with Crippen molar-refractivity contribution >= 4 is 34.2 Å². The molecule has 1 aromatic carbocycles. The highest BCUT2D eigenvalue weighted by Gasteiger charge is 2.54. The average molecular weight is 358 g/mol. The quantitative estimate of drug-likeness (QED) is 0.799. The van der Waals surface area contributed by atoms with Gasteiger partial charge in [0.05, 0.1) is 5.69 Å². The number of carbonyl (C=O) groups is 1. The maximum atomic E-state index is 12.5. The van der Waals surface area contributed by atoms with E-state index < -0.39 is 17.6 Å². The van der Waals surface area contributed by atoms with Crippen LogP contribution in [-0.4, -0.2) is 17.6 Å². The molecule has 0 saturated carbocycles. The van der Waals surface area contributed by atoms with E-state index in [0.29, 0.717) is 16.2 Å². The number of rotatable bonds is 2. The van der Waals surface area contributed by atoms with Crippen LogP contribution in [0.15, 0.2) is 24.3 Å². The molecule has 0 saturated heterocycles. The molecule has 0 aliphatic heterocycles. The van der Waals surface area contributed by atoms with E-state index in [-0.39, 0.29) is 0 Å². The van der Waals surface area contributed by atoms with Crippen molar-refractivity contribution in [2.75, 3.05) is 5.32 Å². The molecule has 0 spiro atoms. The van der Waals surface area contributed by atoms with Crippen molar-refractivity contribution in [1.82, 2.24) is 0 Å². The Labute approximate surface area is 110 Å². The first kappa shape index (κ1) is 14.2. The molecule has 1 amide bonds. The molecule has 17 heavy (non-hydrogen) atoms. The first-order valence-electron chi connectivity index (χ1n) is 4.58. The van der Waals surface area contributed by atoms with E-state index in [1.807, 2.05) is 22.6 Å². The number of hydrogen-bond donors (Lipinski definition) is 2. The fourth-order valence-corrected chi connectivity index (χ4v) is 1.47. The summed E-state index contributed by atoms with van der Waals surface area (Å²) in [6, 6.07) is 6.49. The van der Waals surface area contributed by atoms with E-state index in [9.17, 15) is 18.0 Å². The highest BCUT2D eigenvalue weighted by Crippen LogP contribution is 2.29. The van der Waals surface area contributed by atoms with Crippen LogP contribution in [0.25, 0.3) is 0 Å². The number of nitrogens with one attached hydrogen (secondary N) is 1. The predicted molar refractivity (Wildman–Crippen MR) is 66.4 cm³/mol. The molecule has 1 rings (SSSR count). The zero-order valence-corrected chi connectivity index (χ0v) is 11.0. The van der Waals surface area contributed by atoms with Gasteiger partial charge >= 0.3 is 6.18 Å². The standard InChI is InChI=1S/C10H10F3IN2O/c1-9(15,10(11,12)13)8(17)16-7-5-3-2-4-6(7)14/h2-5H,15H2,1H3,(H,16,17). The van der Waals surface area contributed by atoms with Crippen molar-refractivity contribution in [3.63, 3.8) is 0 Å². The molecule has 1 atom stereocenters. The maximum Gasteiger partial charge on any atom is 0.415 e. The summed E-state index contributed by atoms with van der Waals surface area (Å²) < 4.78 is 38.1. The minimum Gasteiger partial charge on any atom is -0.323 e. The predicted octanol–water partition coefficient (Wildman–Crippen LogP) is 2.51. The second kappa shape index (κ2) is 4.81. The Balaban J connectivity index is 2.91. The first-order valence-corrected chi connectivity index (χ1v) is 5.65. The SMILES string of the molecule is CC(N)(C(=O)Nc1ccccc1I)C(F)(F)F. The fourth-order valence-electron chi connectivity index (χ4n) is 0.943. The average Bonchev–Trinajstić information content (AvgIpc) is 2.19. The van der Waals surface area contributed by atoms with Crippen LogP contribution < -0.4 is 11.1 Å². The van der Waals surface area contributed by atoms with Crippen molar-refractivity contribution in [3.8, 4) is 0 Å². The molecule has 0 radical (unpaired) electrons. The van der Waals surface area contributed by atoms with Gasteiger partial charge in [-0.2, -0.15) is 13.2 Å². The number of halogens is 4. The highest BCUT2D eigenvalue weighted by molar-refractivity contribution is 14.1. The molecular weight excluding hydrogens is 348 g/mol. The Morgan fingerprint density at radius 3 is 2.35 bits per heavy atom. The van der Waals surface area contributed by atoms with Gasteiger partial charge in [-0.25, -0.2) is 0 Å². The van der Waals surface area contributed by atoms with E-state index >= 15 is 0 Å². The zero-order valence-electron chi connectivity index (χ0n) is 8.81. The molecule has 7 heteroatoms. The third-order valence-corrected chi connectivity index (χ3v) is 3.12. The summed E-state index contributed by atoms with van der Waals surface area (Å²) in [7, 11) is 0. The summed E-state index contributed by atoms with van der Waals surface area (Å²) in [5.74, 6) is -1.28. The van der Waals surface area contributed by atoms with Gasteiger partial charge in [0.25, 0.3) is 5.91 Å². The number of nitrogens with two attached hydrogens (primary N) is 1. The Hall–Kier alpha value is -0.830. The molecular formula is C10H10F3IN2O. The lowest BCUT2D eigenvalue weighted by Gasteiger charge is -2.26. The van der Waals surface area contributed by atoms with Crippen LogP contribution >= 0.6 is 22.6 Å². The van der Waals surface area contributed by atoms with Gasteiger partial charge in [0.15, 0.2) is 5.54 Å². The van der Waals surface area contributed by atoms with Crippen LogP contribution in [0.2, 0.25) is 0 Å². The molecule has 3 N–H and O–H groups in total. The number of hydrogen-bond acceptors (Lipinski definition) is 2. The van der Waals surface area contributed by atoms with E-state index in [4.69, 9.17) is 5.73 Å². The molecule has 3 nitrogen and oxygen atoms in total. The summed E-state index contributed by atoms with van der Waals surface area (Å²) in [6.07, 6.45) is -4.79. The number of alkyl halides is 3. The third kappa shape index (κ3) is 3.09. The maximum absolute atomic E-state index is 12.5. The summed E-state index contributed by atoms with van der Waals surface area (Å²) >= 11 is 1.91. The molecule has 94 valence electrons. The number of anilines is 1. The molecule has 1 aromatic rings. The van der Waals surface area contributed by atoms with Crippen molar-refractivity contribution in [1.29, 1.82) is 0 Å². The van der Waals surface area contributed by atoms with E-state index in [2.05, 4.69) is 5.32 Å². The van der Waals surface area contributed by atoms with Crippen LogP contribution in [-0.2, 0) is 4.79 Å². The molecule has 1 unspecified atom stereocenters. The normalized spacial score (nSPS) is 15.2. The minimum atomic E-state index is -4.79. The van der Waals surface area contributed by atoms with Gasteiger partial charge in [0.2, 0.25) is 0 Å². The molecule has 0 aromatic heterocycles. The van der Waals surface area contributed by atoms with Crippen LogP contribution in [0.3, 0.4) is 0 Å². The van der Waals surface area contributed by atoms with Gasteiger partial charge in [0.1, 0.15) is 0 Å². The third-order valence-electron chi connectivity index (χ3n) is 2.18. The Morgan fingerprint density at radius 1 is 1.35 bits per heavy atom. The Kier molecular flexibility index (Phi) is 4.03. The number of benzene rings is 1. The van der Waals surface area contributed by atoms with E-state index in [1.54, 1.807) is 18.2 Å². The molecule has 0 aliphatic carbocycles. The van der Waals surface area contributed by atoms with Gasteiger partial charge in [-0.3, -0.25) is 4.79 Å². The summed E-state index contributed by atoms with van der Waals surface area (Å²) in [6.45, 7) is 0.637.